The zero-order chi connectivity index (χ0) is 12.3. The van der Waals surface area contributed by atoms with E-state index in [1.807, 2.05) is 0 Å². The van der Waals surface area contributed by atoms with Gasteiger partial charge >= 0.3 is 0 Å². The molecule has 2 unspecified atom stereocenters. The Hall–Kier alpha value is -1.16. The molecule has 0 spiro atoms. The van der Waals surface area contributed by atoms with Crippen molar-refractivity contribution in [1.82, 2.24) is 0 Å². The van der Waals surface area contributed by atoms with Gasteiger partial charge in [0.2, 0.25) is 0 Å². The number of halogens is 2. The van der Waals surface area contributed by atoms with E-state index in [4.69, 9.17) is 4.74 Å². The maximum atomic E-state index is 13.0. The fourth-order valence-electron chi connectivity index (χ4n) is 2.31. The van der Waals surface area contributed by atoms with Crippen LogP contribution >= 0.6 is 0 Å². The Morgan fingerprint density at radius 1 is 1.24 bits per heavy atom. The second-order valence-corrected chi connectivity index (χ2v) is 4.49. The van der Waals surface area contributed by atoms with Crippen LogP contribution in [-0.2, 0) is 4.74 Å². The Morgan fingerprint density at radius 3 is 2.76 bits per heavy atom. The molecule has 1 aliphatic rings. The first-order valence-corrected chi connectivity index (χ1v) is 5.93. The number of nitrogens with one attached hydrogen (secondary N) is 1. The van der Waals surface area contributed by atoms with Gasteiger partial charge in [-0.05, 0) is 37.8 Å². The van der Waals surface area contributed by atoms with Crippen LogP contribution in [0.15, 0.2) is 18.2 Å². The van der Waals surface area contributed by atoms with Crippen molar-refractivity contribution < 1.29 is 13.5 Å². The molecule has 17 heavy (non-hydrogen) atoms. The average molecular weight is 241 g/mol. The number of hydrogen-bond donors (Lipinski definition) is 1. The highest BCUT2D eigenvalue weighted by Crippen LogP contribution is 2.24. The van der Waals surface area contributed by atoms with Crippen LogP contribution in [0.1, 0.15) is 25.7 Å². The molecule has 2 rings (SSSR count). The van der Waals surface area contributed by atoms with Gasteiger partial charge in [0.25, 0.3) is 0 Å². The van der Waals surface area contributed by atoms with Crippen molar-refractivity contribution >= 4 is 5.69 Å². The fraction of sp³-hybridized carbons (Fsp3) is 0.538. The molecule has 1 fully saturated rings. The van der Waals surface area contributed by atoms with Gasteiger partial charge in [-0.2, -0.15) is 0 Å². The minimum absolute atomic E-state index is 0.270. The van der Waals surface area contributed by atoms with E-state index in [0.717, 1.165) is 31.7 Å². The van der Waals surface area contributed by atoms with E-state index in [-0.39, 0.29) is 12.1 Å². The van der Waals surface area contributed by atoms with Gasteiger partial charge in [0.1, 0.15) is 0 Å². The van der Waals surface area contributed by atoms with Crippen LogP contribution in [0.25, 0.3) is 0 Å². The third kappa shape index (κ3) is 3.16. The second kappa shape index (κ2) is 5.45. The summed E-state index contributed by atoms with van der Waals surface area (Å²) in [6.07, 6.45) is 4.40. The Morgan fingerprint density at radius 2 is 2.06 bits per heavy atom. The van der Waals surface area contributed by atoms with Crippen LogP contribution in [0, 0.1) is 11.6 Å². The van der Waals surface area contributed by atoms with E-state index in [1.165, 1.54) is 6.07 Å². The molecule has 0 saturated heterocycles. The lowest BCUT2D eigenvalue weighted by Gasteiger charge is -2.29. The monoisotopic (exact) mass is 241 g/mol. The average Bonchev–Trinajstić information content (AvgIpc) is 2.34. The predicted molar refractivity (Wildman–Crippen MR) is 63.0 cm³/mol. The van der Waals surface area contributed by atoms with Gasteiger partial charge in [0, 0.05) is 24.9 Å². The largest absolute Gasteiger partial charge is 0.382 e. The summed E-state index contributed by atoms with van der Waals surface area (Å²) in [5.74, 6) is -1.62. The molecular formula is C13H17F2NO. The first-order valence-electron chi connectivity index (χ1n) is 5.93. The number of hydrogen-bond acceptors (Lipinski definition) is 2. The topological polar surface area (TPSA) is 21.3 Å². The maximum Gasteiger partial charge on any atom is 0.160 e. The summed E-state index contributed by atoms with van der Waals surface area (Å²) in [7, 11) is 1.71. The number of anilines is 1. The molecular weight excluding hydrogens is 224 g/mol. The Kier molecular flexibility index (Phi) is 3.94. The van der Waals surface area contributed by atoms with Crippen LogP contribution in [0.4, 0.5) is 14.5 Å². The summed E-state index contributed by atoms with van der Waals surface area (Å²) in [6, 6.07) is 4.19. The zero-order valence-corrected chi connectivity index (χ0v) is 9.88. The van der Waals surface area contributed by atoms with E-state index >= 15 is 0 Å². The fourth-order valence-corrected chi connectivity index (χ4v) is 2.31. The van der Waals surface area contributed by atoms with E-state index in [2.05, 4.69) is 5.32 Å². The number of methoxy groups -OCH3 is 1. The van der Waals surface area contributed by atoms with Gasteiger partial charge in [-0.25, -0.2) is 8.78 Å². The van der Waals surface area contributed by atoms with Gasteiger partial charge in [0.05, 0.1) is 6.10 Å². The van der Waals surface area contributed by atoms with Crippen LogP contribution in [-0.4, -0.2) is 19.3 Å². The van der Waals surface area contributed by atoms with Gasteiger partial charge < -0.3 is 10.1 Å². The predicted octanol–water partition coefficient (Wildman–Crippen LogP) is 3.33. The molecule has 94 valence electrons. The van der Waals surface area contributed by atoms with Crippen molar-refractivity contribution in [3.63, 3.8) is 0 Å². The van der Waals surface area contributed by atoms with Crippen LogP contribution in [0.3, 0.4) is 0 Å². The van der Waals surface area contributed by atoms with Crippen molar-refractivity contribution in [2.24, 2.45) is 0 Å². The molecule has 0 aromatic heterocycles. The molecule has 1 aromatic rings. The Labute approximate surface area is 100.0 Å². The van der Waals surface area contributed by atoms with Crippen LogP contribution < -0.4 is 5.32 Å². The van der Waals surface area contributed by atoms with E-state index in [9.17, 15) is 8.78 Å². The lowest BCUT2D eigenvalue weighted by Crippen LogP contribution is -2.31. The molecule has 4 heteroatoms. The molecule has 1 aromatic carbocycles. The third-order valence-corrected chi connectivity index (χ3v) is 3.25. The molecule has 0 heterocycles. The second-order valence-electron chi connectivity index (χ2n) is 4.49. The summed E-state index contributed by atoms with van der Waals surface area (Å²) in [4.78, 5) is 0. The SMILES string of the molecule is COC1CCCC(Nc2ccc(F)c(F)c2)C1. The maximum absolute atomic E-state index is 13.0. The molecule has 1 saturated carbocycles. The molecule has 0 aliphatic heterocycles. The number of benzene rings is 1. The van der Waals surface area contributed by atoms with Crippen molar-refractivity contribution in [2.75, 3.05) is 12.4 Å². The first kappa shape index (κ1) is 12.3. The molecule has 1 N–H and O–H groups in total. The minimum atomic E-state index is -0.811. The van der Waals surface area contributed by atoms with Crippen molar-refractivity contribution in [3.8, 4) is 0 Å². The summed E-state index contributed by atoms with van der Waals surface area (Å²) < 4.78 is 31.1. The van der Waals surface area contributed by atoms with Crippen molar-refractivity contribution in [2.45, 2.75) is 37.8 Å². The van der Waals surface area contributed by atoms with E-state index < -0.39 is 11.6 Å². The normalized spacial score (nSPS) is 24.6. The van der Waals surface area contributed by atoms with Gasteiger partial charge in [0.15, 0.2) is 11.6 Å². The molecule has 0 bridgehead atoms. The molecule has 0 radical (unpaired) electrons. The van der Waals surface area contributed by atoms with E-state index in [1.54, 1.807) is 13.2 Å². The number of rotatable bonds is 3. The third-order valence-electron chi connectivity index (χ3n) is 3.25. The summed E-state index contributed by atoms with van der Waals surface area (Å²) >= 11 is 0. The highest BCUT2D eigenvalue weighted by atomic mass is 19.2. The molecule has 0 amide bonds. The first-order chi connectivity index (χ1) is 8.19. The highest BCUT2D eigenvalue weighted by Gasteiger charge is 2.21. The molecule has 2 atom stereocenters. The Balaban J connectivity index is 1.97. The minimum Gasteiger partial charge on any atom is -0.382 e. The van der Waals surface area contributed by atoms with Crippen molar-refractivity contribution in [3.05, 3.63) is 29.8 Å². The number of ether oxygens (including phenoxy) is 1. The van der Waals surface area contributed by atoms with Gasteiger partial charge in [-0.15, -0.1) is 0 Å². The van der Waals surface area contributed by atoms with Crippen molar-refractivity contribution in [1.29, 1.82) is 0 Å². The van der Waals surface area contributed by atoms with Gasteiger partial charge in [-0.1, -0.05) is 0 Å². The highest BCUT2D eigenvalue weighted by molar-refractivity contribution is 5.44. The standard InChI is InChI=1S/C13H17F2NO/c1-17-11-4-2-3-9(7-11)16-10-5-6-12(14)13(15)8-10/h5-6,8-9,11,16H,2-4,7H2,1H3. The summed E-state index contributed by atoms with van der Waals surface area (Å²) in [6.45, 7) is 0. The zero-order valence-electron chi connectivity index (χ0n) is 9.88. The Bertz CT molecular complexity index is 384. The summed E-state index contributed by atoms with van der Waals surface area (Å²) in [5.41, 5.74) is 0.630. The van der Waals surface area contributed by atoms with Gasteiger partial charge in [-0.3, -0.25) is 0 Å². The lowest BCUT2D eigenvalue weighted by atomic mass is 9.92. The lowest BCUT2D eigenvalue weighted by molar-refractivity contribution is 0.0669. The summed E-state index contributed by atoms with van der Waals surface area (Å²) in [5, 5.41) is 3.23. The van der Waals surface area contributed by atoms with Crippen LogP contribution in [0.5, 0.6) is 0 Å². The van der Waals surface area contributed by atoms with Crippen LogP contribution in [0.2, 0.25) is 0 Å². The van der Waals surface area contributed by atoms with E-state index in [0.29, 0.717) is 5.69 Å². The molecule has 1 aliphatic carbocycles. The quantitative estimate of drug-likeness (QED) is 0.876. The smallest absolute Gasteiger partial charge is 0.160 e. The molecule has 2 nitrogen and oxygen atoms in total.